The van der Waals surface area contributed by atoms with Crippen molar-refractivity contribution >= 4 is 11.9 Å². The maximum Gasteiger partial charge on any atom is 0.335 e. The number of ether oxygens (including phenoxy) is 2. The minimum Gasteiger partial charge on any atom is -0.462 e. The van der Waals surface area contributed by atoms with Crippen LogP contribution < -0.4 is 0 Å². The normalized spacial score (nSPS) is 18.6. The van der Waals surface area contributed by atoms with Crippen LogP contribution in [-0.2, 0) is 25.5 Å². The molecule has 1 aromatic rings. The first-order chi connectivity index (χ1) is 17.3. The molecule has 1 aliphatic rings. The van der Waals surface area contributed by atoms with Crippen molar-refractivity contribution in [1.29, 1.82) is 0 Å². The van der Waals surface area contributed by atoms with Crippen LogP contribution in [0, 0.1) is 11.8 Å². The third kappa shape index (κ3) is 10.7. The van der Waals surface area contributed by atoms with Crippen LogP contribution in [0.1, 0.15) is 95.1 Å². The quantitative estimate of drug-likeness (QED) is 0.126. The molecule has 3 unspecified atom stereocenters. The molecule has 0 bridgehead atoms. The van der Waals surface area contributed by atoms with Gasteiger partial charge in [-0.15, -0.1) is 0 Å². The van der Waals surface area contributed by atoms with Gasteiger partial charge in [-0.2, -0.15) is 0 Å². The lowest BCUT2D eigenvalue weighted by Gasteiger charge is -2.18. The van der Waals surface area contributed by atoms with Crippen molar-refractivity contribution in [3.8, 4) is 0 Å². The van der Waals surface area contributed by atoms with Crippen molar-refractivity contribution in [2.24, 2.45) is 11.8 Å². The second-order valence-electron chi connectivity index (χ2n) is 10.5. The van der Waals surface area contributed by atoms with Crippen LogP contribution in [0.15, 0.2) is 48.6 Å². The Hall–Kier alpha value is -2.40. The lowest BCUT2D eigenvalue weighted by molar-refractivity contribution is -0.144. The van der Waals surface area contributed by atoms with Gasteiger partial charge in [-0.05, 0) is 62.0 Å². The Morgan fingerprint density at radius 1 is 1.00 bits per heavy atom. The number of aryl methyl sites for hydroxylation is 1. The highest BCUT2D eigenvalue weighted by molar-refractivity contribution is 5.88. The summed E-state index contributed by atoms with van der Waals surface area (Å²) in [6.45, 7) is 10.8. The topological polar surface area (TPSA) is 72.8 Å². The van der Waals surface area contributed by atoms with Crippen molar-refractivity contribution in [3.05, 3.63) is 59.7 Å². The van der Waals surface area contributed by atoms with Crippen molar-refractivity contribution in [2.45, 2.75) is 90.4 Å². The van der Waals surface area contributed by atoms with E-state index < -0.39 is 18.5 Å². The van der Waals surface area contributed by atoms with E-state index >= 15 is 0 Å². The van der Waals surface area contributed by atoms with Gasteiger partial charge in [0.2, 0.25) is 0 Å². The summed E-state index contributed by atoms with van der Waals surface area (Å²) in [6.07, 6.45) is 13.5. The zero-order chi connectivity index (χ0) is 26.3. The molecular weight excluding hydrogens is 452 g/mol. The van der Waals surface area contributed by atoms with Gasteiger partial charge < -0.3 is 14.6 Å². The van der Waals surface area contributed by atoms with Crippen LogP contribution in [-0.4, -0.2) is 36.9 Å². The van der Waals surface area contributed by atoms with Gasteiger partial charge in [0.05, 0.1) is 25.4 Å². The fourth-order valence-corrected chi connectivity index (χ4v) is 4.90. The van der Waals surface area contributed by atoms with E-state index in [2.05, 4.69) is 44.3 Å². The fraction of sp³-hybridized carbons (Fsp3) is 0.613. The number of aliphatic hydroxyl groups excluding tert-OH is 1. The zero-order valence-corrected chi connectivity index (χ0v) is 22.4. The summed E-state index contributed by atoms with van der Waals surface area (Å²) in [5.41, 5.74) is 3.00. The number of aliphatic hydroxyl groups is 1. The monoisotopic (exact) mass is 498 g/mol. The molecule has 0 spiro atoms. The van der Waals surface area contributed by atoms with Crippen molar-refractivity contribution < 1.29 is 24.2 Å². The van der Waals surface area contributed by atoms with E-state index in [9.17, 15) is 9.59 Å². The lowest BCUT2D eigenvalue weighted by Crippen LogP contribution is -2.22. The Labute approximate surface area is 218 Å². The van der Waals surface area contributed by atoms with E-state index in [0.717, 1.165) is 12.3 Å². The number of rotatable bonds is 15. The average molecular weight is 499 g/mol. The van der Waals surface area contributed by atoms with Gasteiger partial charge in [-0.25, -0.2) is 9.59 Å². The molecule has 1 N–H and O–H groups in total. The van der Waals surface area contributed by atoms with Gasteiger partial charge in [0.15, 0.2) is 0 Å². The summed E-state index contributed by atoms with van der Waals surface area (Å²) in [5, 5.41) is 9.07. The summed E-state index contributed by atoms with van der Waals surface area (Å²) in [4.78, 5) is 23.7. The maximum atomic E-state index is 11.9. The largest absolute Gasteiger partial charge is 0.462 e. The maximum absolute atomic E-state index is 11.9. The van der Waals surface area contributed by atoms with Crippen molar-refractivity contribution in [1.82, 2.24) is 0 Å². The molecule has 1 aliphatic carbocycles. The average Bonchev–Trinajstić information content (AvgIpc) is 3.13. The summed E-state index contributed by atoms with van der Waals surface area (Å²) >= 11 is 0. The van der Waals surface area contributed by atoms with Crippen LogP contribution in [0.5, 0.6) is 0 Å². The highest BCUT2D eigenvalue weighted by atomic mass is 16.5. The molecule has 1 fully saturated rings. The van der Waals surface area contributed by atoms with Crippen LogP contribution >= 0.6 is 0 Å². The molecule has 36 heavy (non-hydrogen) atoms. The van der Waals surface area contributed by atoms with Gasteiger partial charge in [-0.1, -0.05) is 82.9 Å². The van der Waals surface area contributed by atoms with Crippen molar-refractivity contribution in [2.75, 3.05) is 19.8 Å². The van der Waals surface area contributed by atoms with E-state index in [4.69, 9.17) is 14.6 Å². The molecule has 0 aliphatic heterocycles. The second kappa shape index (κ2) is 16.4. The van der Waals surface area contributed by atoms with Crippen LogP contribution in [0.4, 0.5) is 0 Å². The molecule has 1 aromatic carbocycles. The molecular formula is C31H46O5. The molecule has 200 valence electrons. The summed E-state index contributed by atoms with van der Waals surface area (Å²) < 4.78 is 10.6. The lowest BCUT2D eigenvalue weighted by atomic mass is 9.89. The third-order valence-electron chi connectivity index (χ3n) is 7.32. The Kier molecular flexibility index (Phi) is 13.6. The predicted molar refractivity (Wildman–Crippen MR) is 145 cm³/mol. The van der Waals surface area contributed by atoms with Gasteiger partial charge in [-0.3, -0.25) is 0 Å². The third-order valence-corrected chi connectivity index (χ3v) is 7.32. The Balaban J connectivity index is 1.89. The Morgan fingerprint density at radius 3 is 2.33 bits per heavy atom. The molecule has 0 radical (unpaired) electrons. The molecule has 0 heterocycles. The molecule has 0 saturated heterocycles. The number of unbranched alkanes of at least 4 members (excludes halogenated alkanes) is 2. The standard InChI is InChI=1S/C31H46O5/c1-5-6-7-9-25-10-8-11-28(17-14-25)29-18-15-26(16-19-29)12-13-27(21-35-30(33)23(2)3)22-36-31(34)24(4)20-32/h15-16,18-19,25,27-28,32H,2,4-14,17,20-22H2,1,3H3. The molecule has 5 heteroatoms. The first-order valence-corrected chi connectivity index (χ1v) is 13.7. The van der Waals surface area contributed by atoms with E-state index in [1.165, 1.54) is 68.9 Å². The van der Waals surface area contributed by atoms with E-state index in [-0.39, 0.29) is 24.7 Å². The van der Waals surface area contributed by atoms with Gasteiger partial charge >= 0.3 is 11.9 Å². The molecule has 0 amide bonds. The SMILES string of the molecule is C=C(C)C(=O)OCC(CCc1ccc(C2CCCC(CCCCC)CC2)cc1)COC(=O)C(=C)CO. The minimum atomic E-state index is -0.630. The Morgan fingerprint density at radius 2 is 1.69 bits per heavy atom. The highest BCUT2D eigenvalue weighted by Crippen LogP contribution is 2.36. The fourth-order valence-electron chi connectivity index (χ4n) is 4.90. The predicted octanol–water partition coefficient (Wildman–Crippen LogP) is 6.69. The number of carbonyl (C=O) groups excluding carboxylic acids is 2. The van der Waals surface area contributed by atoms with Gasteiger partial charge in [0, 0.05) is 11.5 Å². The van der Waals surface area contributed by atoms with E-state index in [1.807, 2.05) is 0 Å². The zero-order valence-electron chi connectivity index (χ0n) is 22.4. The van der Waals surface area contributed by atoms with E-state index in [0.29, 0.717) is 17.9 Å². The molecule has 1 saturated carbocycles. The number of benzene rings is 1. The first kappa shape index (κ1) is 29.8. The van der Waals surface area contributed by atoms with Crippen molar-refractivity contribution in [3.63, 3.8) is 0 Å². The minimum absolute atomic E-state index is 0.00839. The number of esters is 2. The van der Waals surface area contributed by atoms with Crippen LogP contribution in [0.2, 0.25) is 0 Å². The molecule has 0 aromatic heterocycles. The number of hydrogen-bond acceptors (Lipinski definition) is 5. The summed E-state index contributed by atoms with van der Waals surface area (Å²) in [7, 11) is 0. The molecule has 2 rings (SSSR count). The number of hydrogen-bond donors (Lipinski definition) is 1. The molecule has 5 nitrogen and oxygen atoms in total. The smallest absolute Gasteiger partial charge is 0.335 e. The summed E-state index contributed by atoms with van der Waals surface area (Å²) in [5.74, 6) is 0.319. The first-order valence-electron chi connectivity index (χ1n) is 13.7. The van der Waals surface area contributed by atoms with Gasteiger partial charge in [0.25, 0.3) is 0 Å². The Bertz CT molecular complexity index is 841. The van der Waals surface area contributed by atoms with Crippen LogP contribution in [0.3, 0.4) is 0 Å². The van der Waals surface area contributed by atoms with E-state index in [1.54, 1.807) is 6.92 Å². The summed E-state index contributed by atoms with van der Waals surface area (Å²) in [6, 6.07) is 8.96. The highest BCUT2D eigenvalue weighted by Gasteiger charge is 2.20. The molecule has 3 atom stereocenters. The number of carbonyl (C=O) groups is 2. The second-order valence-corrected chi connectivity index (χ2v) is 10.5. The van der Waals surface area contributed by atoms with Crippen LogP contribution in [0.25, 0.3) is 0 Å². The van der Waals surface area contributed by atoms with Gasteiger partial charge in [0.1, 0.15) is 0 Å².